The quantitative estimate of drug-likeness (QED) is 0.695. The summed E-state index contributed by atoms with van der Waals surface area (Å²) in [7, 11) is 0. The van der Waals surface area contributed by atoms with E-state index in [0.717, 1.165) is 31.4 Å². The number of fused-ring (bicyclic) bond motifs is 1. The lowest BCUT2D eigenvalue weighted by Crippen LogP contribution is -2.45. The van der Waals surface area contributed by atoms with Gasteiger partial charge in [0.25, 0.3) is 0 Å². The molecule has 1 aliphatic heterocycles. The fraction of sp³-hybridized carbons (Fsp3) is 0.417. The van der Waals surface area contributed by atoms with E-state index in [-0.39, 0.29) is 17.3 Å². The van der Waals surface area contributed by atoms with Gasteiger partial charge in [0.2, 0.25) is 0 Å². The Balaban J connectivity index is 1.78. The maximum absolute atomic E-state index is 13.5. The highest BCUT2D eigenvalue weighted by molar-refractivity contribution is 5.64. The largest absolute Gasteiger partial charge is 0.389 e. The molecule has 0 saturated heterocycles. The van der Waals surface area contributed by atoms with Crippen LogP contribution in [0.4, 0.5) is 10.1 Å². The summed E-state index contributed by atoms with van der Waals surface area (Å²) < 4.78 is 13.5. The van der Waals surface area contributed by atoms with Crippen molar-refractivity contribution in [3.05, 3.63) is 77.8 Å². The molecule has 142 valence electrons. The van der Waals surface area contributed by atoms with Crippen LogP contribution in [0.15, 0.2) is 72.0 Å². The van der Waals surface area contributed by atoms with Crippen LogP contribution in [0.1, 0.15) is 46.0 Å². The van der Waals surface area contributed by atoms with Gasteiger partial charge >= 0.3 is 0 Å². The zero-order valence-electron chi connectivity index (χ0n) is 16.2. The van der Waals surface area contributed by atoms with Gasteiger partial charge in [-0.25, -0.2) is 4.39 Å². The molecule has 1 aromatic carbocycles. The second-order valence-electron chi connectivity index (χ2n) is 8.29. The van der Waals surface area contributed by atoms with Gasteiger partial charge in [0.1, 0.15) is 5.82 Å². The van der Waals surface area contributed by atoms with Crippen molar-refractivity contribution in [3.8, 4) is 0 Å². The number of hydrogen-bond acceptors (Lipinski definition) is 2. The van der Waals surface area contributed by atoms with E-state index >= 15 is 0 Å². The van der Waals surface area contributed by atoms with Gasteiger partial charge in [-0.05, 0) is 68.0 Å². The molecule has 27 heavy (non-hydrogen) atoms. The van der Waals surface area contributed by atoms with Crippen molar-refractivity contribution in [2.75, 3.05) is 4.90 Å². The van der Waals surface area contributed by atoms with E-state index in [4.69, 9.17) is 0 Å². The summed E-state index contributed by atoms with van der Waals surface area (Å²) in [5.74, 6) is -0.214. The van der Waals surface area contributed by atoms with Gasteiger partial charge in [-0.1, -0.05) is 37.6 Å². The maximum Gasteiger partial charge on any atom is 0.123 e. The molecule has 3 unspecified atom stereocenters. The van der Waals surface area contributed by atoms with Crippen LogP contribution >= 0.6 is 0 Å². The third-order valence-electron chi connectivity index (χ3n) is 6.84. The van der Waals surface area contributed by atoms with Gasteiger partial charge in [-0.2, -0.15) is 0 Å². The second kappa shape index (κ2) is 6.49. The molecule has 1 N–H and O–H groups in total. The van der Waals surface area contributed by atoms with Crippen LogP contribution in [0.3, 0.4) is 0 Å². The SMILES string of the molecule is C=CCC1(O)CCC2=CC3=C(C=CC(CC)N3c3ccc(F)cc3)CC21C. The smallest absolute Gasteiger partial charge is 0.123 e. The van der Waals surface area contributed by atoms with Gasteiger partial charge in [-0.15, -0.1) is 6.58 Å². The number of allylic oxidation sites excluding steroid dienone is 3. The van der Waals surface area contributed by atoms with E-state index in [1.54, 1.807) is 0 Å². The lowest BCUT2D eigenvalue weighted by molar-refractivity contribution is -0.0367. The summed E-state index contributed by atoms with van der Waals surface area (Å²) in [6.07, 6.45) is 12.7. The number of nitrogens with zero attached hydrogens (tertiary/aromatic N) is 1. The molecule has 4 rings (SSSR count). The van der Waals surface area contributed by atoms with Crippen molar-refractivity contribution >= 4 is 5.69 Å². The molecular weight excluding hydrogens is 337 g/mol. The van der Waals surface area contributed by atoms with Crippen LogP contribution in [-0.4, -0.2) is 16.7 Å². The van der Waals surface area contributed by atoms with Gasteiger partial charge in [0, 0.05) is 16.8 Å². The molecular formula is C24H28FNO. The maximum atomic E-state index is 13.5. The Morgan fingerprint density at radius 3 is 2.74 bits per heavy atom. The third-order valence-corrected chi connectivity index (χ3v) is 6.84. The summed E-state index contributed by atoms with van der Waals surface area (Å²) in [4.78, 5) is 2.33. The molecule has 3 atom stereocenters. The van der Waals surface area contributed by atoms with Crippen molar-refractivity contribution in [2.45, 2.75) is 57.6 Å². The molecule has 3 heteroatoms. The normalized spacial score (nSPS) is 32.2. The van der Waals surface area contributed by atoms with Crippen molar-refractivity contribution in [3.63, 3.8) is 0 Å². The predicted molar refractivity (Wildman–Crippen MR) is 109 cm³/mol. The van der Waals surface area contributed by atoms with Gasteiger partial charge in [0.15, 0.2) is 0 Å². The molecule has 2 aliphatic carbocycles. The first-order valence-electron chi connectivity index (χ1n) is 9.92. The lowest BCUT2D eigenvalue weighted by atomic mass is 9.65. The Morgan fingerprint density at radius 2 is 2.07 bits per heavy atom. The number of aliphatic hydroxyl groups is 1. The second-order valence-corrected chi connectivity index (χ2v) is 8.29. The molecule has 0 bridgehead atoms. The highest BCUT2D eigenvalue weighted by atomic mass is 19.1. The molecule has 1 saturated carbocycles. The first-order chi connectivity index (χ1) is 12.9. The number of anilines is 1. The Labute approximate surface area is 161 Å². The summed E-state index contributed by atoms with van der Waals surface area (Å²) in [5, 5.41) is 11.3. The van der Waals surface area contributed by atoms with Gasteiger partial charge in [-0.3, -0.25) is 0 Å². The number of halogens is 1. The van der Waals surface area contributed by atoms with E-state index in [1.807, 2.05) is 18.2 Å². The Hall–Kier alpha value is -2.13. The summed E-state index contributed by atoms with van der Waals surface area (Å²) in [5.41, 5.74) is 3.81. The van der Waals surface area contributed by atoms with Crippen LogP contribution < -0.4 is 4.90 Å². The fourth-order valence-corrected chi connectivity index (χ4v) is 5.11. The Kier molecular flexibility index (Phi) is 4.38. The Morgan fingerprint density at radius 1 is 1.33 bits per heavy atom. The van der Waals surface area contributed by atoms with Crippen molar-refractivity contribution in [2.24, 2.45) is 5.41 Å². The van der Waals surface area contributed by atoms with Crippen LogP contribution in [0.2, 0.25) is 0 Å². The zero-order valence-corrected chi connectivity index (χ0v) is 16.2. The average Bonchev–Trinajstić information content (AvgIpc) is 2.90. The van der Waals surface area contributed by atoms with E-state index in [1.165, 1.54) is 29.0 Å². The third kappa shape index (κ3) is 2.71. The van der Waals surface area contributed by atoms with Gasteiger partial charge in [0.05, 0.1) is 11.6 Å². The monoisotopic (exact) mass is 365 g/mol. The Bertz CT molecular complexity index is 850. The standard InChI is InChI=1S/C24H28FNO/c1-4-13-24(27)14-12-18-15-22-17(16-23(18,24)3)6-9-20(5-2)26(22)21-10-7-19(25)8-11-21/h4,6-11,15,20,27H,1,5,12-14,16H2,2-3H3. The lowest BCUT2D eigenvalue weighted by Gasteiger charge is -2.46. The number of benzene rings is 1. The molecule has 0 radical (unpaired) electrons. The average molecular weight is 365 g/mol. The topological polar surface area (TPSA) is 23.5 Å². The summed E-state index contributed by atoms with van der Waals surface area (Å²) in [6.45, 7) is 8.23. The number of hydrogen-bond donors (Lipinski definition) is 1. The zero-order chi connectivity index (χ0) is 19.2. The molecule has 1 heterocycles. The van der Waals surface area contributed by atoms with Crippen LogP contribution in [-0.2, 0) is 0 Å². The summed E-state index contributed by atoms with van der Waals surface area (Å²) in [6, 6.07) is 7.02. The fourth-order valence-electron chi connectivity index (χ4n) is 5.11. The van der Waals surface area contributed by atoms with E-state index in [2.05, 4.69) is 43.6 Å². The predicted octanol–water partition coefficient (Wildman–Crippen LogP) is 5.67. The molecule has 0 spiro atoms. The van der Waals surface area contributed by atoms with Crippen LogP contribution in [0, 0.1) is 11.2 Å². The molecule has 0 aromatic heterocycles. The first-order valence-corrected chi connectivity index (χ1v) is 9.92. The van der Waals surface area contributed by atoms with Crippen LogP contribution in [0.5, 0.6) is 0 Å². The highest BCUT2D eigenvalue weighted by Gasteiger charge is 2.54. The molecule has 1 aromatic rings. The molecule has 0 amide bonds. The minimum atomic E-state index is -0.727. The van der Waals surface area contributed by atoms with E-state index < -0.39 is 5.60 Å². The van der Waals surface area contributed by atoms with Crippen molar-refractivity contribution in [1.82, 2.24) is 0 Å². The van der Waals surface area contributed by atoms with Crippen molar-refractivity contribution in [1.29, 1.82) is 0 Å². The molecule has 2 nitrogen and oxygen atoms in total. The highest BCUT2D eigenvalue weighted by Crippen LogP contribution is 2.58. The minimum absolute atomic E-state index is 0.214. The van der Waals surface area contributed by atoms with E-state index in [9.17, 15) is 9.50 Å². The molecule has 3 aliphatic rings. The number of rotatable bonds is 4. The minimum Gasteiger partial charge on any atom is -0.389 e. The van der Waals surface area contributed by atoms with Crippen molar-refractivity contribution < 1.29 is 9.50 Å². The summed E-state index contributed by atoms with van der Waals surface area (Å²) >= 11 is 0. The van der Waals surface area contributed by atoms with Gasteiger partial charge < -0.3 is 10.0 Å². The first kappa shape index (κ1) is 18.2. The van der Waals surface area contributed by atoms with E-state index in [0.29, 0.717) is 6.42 Å². The molecule has 1 fully saturated rings. The van der Waals surface area contributed by atoms with Crippen LogP contribution in [0.25, 0.3) is 0 Å².